The van der Waals surface area contributed by atoms with E-state index in [1.54, 1.807) is 29.2 Å². The number of benzene rings is 1. The molecule has 0 spiro atoms. The minimum absolute atomic E-state index is 0.191. The molecule has 0 aliphatic carbocycles. The lowest BCUT2D eigenvalue weighted by Crippen LogP contribution is -2.25. The summed E-state index contributed by atoms with van der Waals surface area (Å²) < 4.78 is 0. The summed E-state index contributed by atoms with van der Waals surface area (Å²) in [6.45, 7) is 0. The Labute approximate surface area is 116 Å². The summed E-state index contributed by atoms with van der Waals surface area (Å²) in [4.78, 5) is 36.6. The number of hydrogen-bond donors (Lipinski definition) is 2. The van der Waals surface area contributed by atoms with Crippen LogP contribution in [0.25, 0.3) is 12.2 Å². The summed E-state index contributed by atoms with van der Waals surface area (Å²) in [6.07, 6.45) is 2.73. The highest BCUT2D eigenvalue weighted by atomic mass is 35.5. The molecule has 0 saturated carbocycles. The summed E-state index contributed by atoms with van der Waals surface area (Å²) in [6, 6.07) is 6.81. The predicted molar refractivity (Wildman–Crippen MR) is 74.7 cm³/mol. The van der Waals surface area contributed by atoms with Crippen LogP contribution in [0, 0.1) is 10.1 Å². The first kappa shape index (κ1) is 13.8. The van der Waals surface area contributed by atoms with Gasteiger partial charge in [-0.25, -0.2) is 4.79 Å². The lowest BCUT2D eigenvalue weighted by atomic mass is 10.2. The fraction of sp³-hybridized carbons (Fsp3) is 0. The van der Waals surface area contributed by atoms with E-state index in [4.69, 9.17) is 11.6 Å². The van der Waals surface area contributed by atoms with Crippen LogP contribution in [0.2, 0.25) is 5.02 Å². The first-order valence-corrected chi connectivity index (χ1v) is 5.80. The van der Waals surface area contributed by atoms with Gasteiger partial charge in [-0.3, -0.25) is 19.9 Å². The van der Waals surface area contributed by atoms with Crippen LogP contribution in [-0.2, 0) is 0 Å². The fourth-order valence-corrected chi connectivity index (χ4v) is 1.78. The Morgan fingerprint density at radius 1 is 1.15 bits per heavy atom. The summed E-state index contributed by atoms with van der Waals surface area (Å²) in [7, 11) is 0. The summed E-state index contributed by atoms with van der Waals surface area (Å²) >= 11 is 5.93. The molecule has 0 radical (unpaired) electrons. The van der Waals surface area contributed by atoms with E-state index in [-0.39, 0.29) is 5.69 Å². The largest absolute Gasteiger partial charge is 0.357 e. The van der Waals surface area contributed by atoms with E-state index >= 15 is 0 Å². The van der Waals surface area contributed by atoms with Crippen LogP contribution in [-0.4, -0.2) is 14.9 Å². The van der Waals surface area contributed by atoms with Gasteiger partial charge in [-0.2, -0.15) is 0 Å². The molecule has 0 aliphatic heterocycles. The van der Waals surface area contributed by atoms with Gasteiger partial charge in [0.15, 0.2) is 0 Å². The van der Waals surface area contributed by atoms with Crippen molar-refractivity contribution in [2.75, 3.05) is 0 Å². The lowest BCUT2D eigenvalue weighted by Gasteiger charge is -1.98. The maximum absolute atomic E-state index is 11.4. The molecular formula is C12H8ClN3O4. The molecule has 8 heteroatoms. The Morgan fingerprint density at radius 3 is 2.50 bits per heavy atom. The number of nitrogens with zero attached hydrogens (tertiary/aromatic N) is 1. The van der Waals surface area contributed by atoms with Crippen LogP contribution in [0.3, 0.4) is 0 Å². The molecule has 2 aromatic rings. The smallest absolute Gasteiger partial charge is 0.301 e. The average molecular weight is 294 g/mol. The summed E-state index contributed by atoms with van der Waals surface area (Å²) in [5.41, 5.74) is -2.20. The first-order chi connectivity index (χ1) is 9.49. The van der Waals surface area contributed by atoms with Crippen LogP contribution in [0.1, 0.15) is 11.3 Å². The van der Waals surface area contributed by atoms with E-state index in [0.29, 0.717) is 10.6 Å². The Kier molecular flexibility index (Phi) is 3.81. The molecule has 2 N–H and O–H groups in total. The third kappa shape index (κ3) is 2.83. The molecule has 0 unspecified atom stereocenters. The second-order valence-electron chi connectivity index (χ2n) is 3.78. The van der Waals surface area contributed by atoms with Crippen molar-refractivity contribution >= 4 is 29.4 Å². The van der Waals surface area contributed by atoms with Crippen LogP contribution < -0.4 is 11.2 Å². The zero-order valence-corrected chi connectivity index (χ0v) is 10.7. The molecule has 0 bridgehead atoms. The van der Waals surface area contributed by atoms with Crippen molar-refractivity contribution in [3.63, 3.8) is 0 Å². The van der Waals surface area contributed by atoms with Crippen LogP contribution in [0.4, 0.5) is 5.69 Å². The number of rotatable bonds is 3. The molecule has 0 fully saturated rings. The minimum Gasteiger partial charge on any atom is -0.301 e. The van der Waals surface area contributed by atoms with Crippen molar-refractivity contribution in [1.29, 1.82) is 0 Å². The van der Waals surface area contributed by atoms with E-state index in [2.05, 4.69) is 4.98 Å². The maximum atomic E-state index is 11.4. The average Bonchev–Trinajstić information content (AvgIpc) is 2.36. The number of hydrogen-bond acceptors (Lipinski definition) is 4. The third-order valence-electron chi connectivity index (χ3n) is 2.46. The van der Waals surface area contributed by atoms with E-state index in [0.717, 1.165) is 0 Å². The van der Waals surface area contributed by atoms with Crippen molar-refractivity contribution in [3.8, 4) is 0 Å². The predicted octanol–water partition coefficient (Wildman–Crippen LogP) is 1.80. The Hall–Kier alpha value is -2.67. The molecule has 1 aromatic heterocycles. The Morgan fingerprint density at radius 2 is 1.85 bits per heavy atom. The van der Waals surface area contributed by atoms with Crippen molar-refractivity contribution in [2.45, 2.75) is 0 Å². The molecule has 0 atom stereocenters. The molecule has 1 heterocycles. The monoisotopic (exact) mass is 293 g/mol. The van der Waals surface area contributed by atoms with Gasteiger partial charge >= 0.3 is 16.9 Å². The van der Waals surface area contributed by atoms with Gasteiger partial charge in [0.05, 0.1) is 4.92 Å². The van der Waals surface area contributed by atoms with Gasteiger partial charge in [-0.1, -0.05) is 35.9 Å². The van der Waals surface area contributed by atoms with Crippen molar-refractivity contribution < 1.29 is 4.92 Å². The minimum atomic E-state index is -1.06. The summed E-state index contributed by atoms with van der Waals surface area (Å²) in [5, 5.41) is 11.3. The van der Waals surface area contributed by atoms with Gasteiger partial charge in [0.25, 0.3) is 0 Å². The van der Waals surface area contributed by atoms with Gasteiger partial charge in [-0.05, 0) is 17.7 Å². The fourth-order valence-electron chi connectivity index (χ4n) is 1.58. The number of nitro groups is 1. The standard InChI is InChI=1S/C12H8ClN3O4/c13-8-4-2-1-3-7(8)5-6-9-10(16(19)20)11(17)15-12(18)14-9/h1-6H,(H2,14,15,17,18)/b6-5+. The molecule has 1 aromatic carbocycles. The molecule has 7 nitrogen and oxygen atoms in total. The number of aromatic nitrogens is 2. The molecule has 2 rings (SSSR count). The van der Waals surface area contributed by atoms with E-state index < -0.39 is 21.9 Å². The van der Waals surface area contributed by atoms with Crippen molar-refractivity contribution in [1.82, 2.24) is 9.97 Å². The van der Waals surface area contributed by atoms with Gasteiger partial charge < -0.3 is 4.98 Å². The van der Waals surface area contributed by atoms with Crippen LogP contribution >= 0.6 is 11.6 Å². The van der Waals surface area contributed by atoms with Gasteiger partial charge in [-0.15, -0.1) is 0 Å². The van der Waals surface area contributed by atoms with E-state index in [1.165, 1.54) is 12.2 Å². The quantitative estimate of drug-likeness (QED) is 0.664. The molecule has 0 saturated heterocycles. The number of halogens is 1. The second kappa shape index (κ2) is 5.54. The van der Waals surface area contributed by atoms with E-state index in [9.17, 15) is 19.7 Å². The zero-order valence-electron chi connectivity index (χ0n) is 9.92. The number of aromatic amines is 2. The topological polar surface area (TPSA) is 109 Å². The number of H-pyrrole nitrogens is 2. The highest BCUT2D eigenvalue weighted by molar-refractivity contribution is 6.32. The molecular weight excluding hydrogens is 286 g/mol. The van der Waals surface area contributed by atoms with E-state index in [1.807, 2.05) is 0 Å². The van der Waals surface area contributed by atoms with Gasteiger partial charge in [0.1, 0.15) is 5.69 Å². The Balaban J connectivity index is 2.54. The lowest BCUT2D eigenvalue weighted by molar-refractivity contribution is -0.386. The number of nitrogens with one attached hydrogen (secondary N) is 2. The normalized spacial score (nSPS) is 10.8. The van der Waals surface area contributed by atoms with Gasteiger partial charge in [0.2, 0.25) is 0 Å². The van der Waals surface area contributed by atoms with Gasteiger partial charge in [0, 0.05) is 5.02 Å². The van der Waals surface area contributed by atoms with Crippen molar-refractivity contribution in [3.05, 3.63) is 71.5 Å². The van der Waals surface area contributed by atoms with Crippen LogP contribution in [0.15, 0.2) is 33.9 Å². The Bertz CT molecular complexity index is 807. The molecule has 20 heavy (non-hydrogen) atoms. The van der Waals surface area contributed by atoms with Crippen molar-refractivity contribution in [2.24, 2.45) is 0 Å². The van der Waals surface area contributed by atoms with Crippen LogP contribution in [0.5, 0.6) is 0 Å². The molecule has 0 amide bonds. The molecule has 0 aliphatic rings. The maximum Gasteiger partial charge on any atom is 0.357 e. The second-order valence-corrected chi connectivity index (χ2v) is 4.19. The highest BCUT2D eigenvalue weighted by Gasteiger charge is 2.18. The highest BCUT2D eigenvalue weighted by Crippen LogP contribution is 2.18. The SMILES string of the molecule is O=c1[nH]c(/C=C/c2ccccc2Cl)c([N+](=O)[O-])c(=O)[nH]1. The third-order valence-corrected chi connectivity index (χ3v) is 2.81. The zero-order chi connectivity index (χ0) is 14.7. The molecule has 102 valence electrons. The first-order valence-electron chi connectivity index (χ1n) is 5.42. The summed E-state index contributed by atoms with van der Waals surface area (Å²) in [5.74, 6) is 0.